The lowest BCUT2D eigenvalue weighted by Gasteiger charge is -2.08. The van der Waals surface area contributed by atoms with Gasteiger partial charge in [-0.05, 0) is 97.1 Å². The molecule has 11 heteroatoms. The topological polar surface area (TPSA) is 133 Å². The summed E-state index contributed by atoms with van der Waals surface area (Å²) < 4.78 is 16.9. The van der Waals surface area contributed by atoms with Gasteiger partial charge in [-0.3, -0.25) is 15.0 Å². The van der Waals surface area contributed by atoms with Crippen LogP contribution in [0.25, 0.3) is 67.0 Å². The third-order valence-electron chi connectivity index (χ3n) is 9.12. The fourth-order valence-corrected chi connectivity index (χ4v) is 6.33. The first-order valence-corrected chi connectivity index (χ1v) is 19.1. The highest BCUT2D eigenvalue weighted by atomic mass is 35.5. The summed E-state index contributed by atoms with van der Waals surface area (Å²) in [4.78, 5) is 25.6. The van der Waals surface area contributed by atoms with Crippen molar-refractivity contribution in [3.8, 4) is 56.7 Å². The Morgan fingerprint density at radius 2 is 0.966 bits per heavy atom. The lowest BCUT2D eigenvalue weighted by molar-refractivity contribution is 0.302. The number of aromatic hydroxyl groups is 1. The average molecular weight is 795 g/mol. The predicted octanol–water partition coefficient (Wildman–Crippen LogP) is 11.6. The molecule has 10 nitrogen and oxygen atoms in total. The van der Waals surface area contributed by atoms with Crippen LogP contribution in [-0.2, 0) is 12.5 Å². The van der Waals surface area contributed by atoms with Gasteiger partial charge in [0.15, 0.2) is 24.3 Å². The second kappa shape index (κ2) is 18.5. The molecule has 0 aliphatic rings. The number of hydrogen-bond donors (Lipinski definition) is 1. The monoisotopic (exact) mass is 794 g/mol. The summed E-state index contributed by atoms with van der Waals surface area (Å²) in [5.41, 5.74) is 9.06. The number of pyridine rings is 4. The number of ether oxygens (including phenoxy) is 1. The van der Waals surface area contributed by atoms with Crippen LogP contribution in [0.4, 0.5) is 0 Å². The maximum Gasteiger partial charge on any atom is 0.182 e. The van der Waals surface area contributed by atoms with Gasteiger partial charge in [-0.15, -0.1) is 11.6 Å². The fraction of sp³-hybridized carbons (Fsp3) is 0.0417. The molecule has 1 N–H and O–H groups in total. The SMILES string of the molecule is ClCc1ccc2ccccc2n1.Oc1ccc(-c2ncoc2-c2ccncc2)cc1.c1ccc2nc(COc3ccc(-c4ncoc4-c4ccncc4)cc3)ccc2c1. The Hall–Kier alpha value is -7.69. The van der Waals surface area contributed by atoms with E-state index in [1.54, 1.807) is 49.1 Å². The number of para-hydroxylation sites is 2. The number of fused-ring (bicyclic) bond motifs is 2. The Morgan fingerprint density at radius 3 is 1.49 bits per heavy atom. The highest BCUT2D eigenvalue weighted by Crippen LogP contribution is 2.33. The zero-order chi connectivity index (χ0) is 40.2. The van der Waals surface area contributed by atoms with Crippen LogP contribution in [0.3, 0.4) is 0 Å². The van der Waals surface area contributed by atoms with E-state index in [1.807, 2.05) is 109 Å². The molecule has 4 aromatic carbocycles. The normalized spacial score (nSPS) is 10.7. The van der Waals surface area contributed by atoms with Crippen LogP contribution in [0.15, 0.2) is 192 Å². The summed E-state index contributed by atoms with van der Waals surface area (Å²) in [6.45, 7) is 0.413. The van der Waals surface area contributed by atoms with Gasteiger partial charge in [0, 0.05) is 57.8 Å². The van der Waals surface area contributed by atoms with E-state index in [0.29, 0.717) is 18.2 Å². The zero-order valence-electron chi connectivity index (χ0n) is 31.5. The first-order chi connectivity index (χ1) is 29.1. The summed E-state index contributed by atoms with van der Waals surface area (Å²) in [5.74, 6) is 2.90. The third kappa shape index (κ3) is 9.48. The van der Waals surface area contributed by atoms with Crippen LogP contribution < -0.4 is 4.74 Å². The number of aromatic nitrogens is 6. The van der Waals surface area contributed by atoms with Crippen molar-refractivity contribution >= 4 is 33.4 Å². The summed E-state index contributed by atoms with van der Waals surface area (Å²) in [6.07, 6.45) is 9.76. The number of alkyl halides is 1. The lowest BCUT2D eigenvalue weighted by atomic mass is 10.1. The number of halogens is 1. The molecular formula is C48H35ClN6O4. The number of phenolic OH excluding ortho intramolecular Hbond substituents is 1. The Labute approximate surface area is 344 Å². The number of nitrogens with zero attached hydrogens (tertiary/aromatic N) is 6. The van der Waals surface area contributed by atoms with Gasteiger partial charge in [0.05, 0.1) is 28.3 Å². The molecule has 0 amide bonds. The molecule has 0 radical (unpaired) electrons. The van der Waals surface area contributed by atoms with Gasteiger partial charge in [-0.1, -0.05) is 48.5 Å². The first-order valence-electron chi connectivity index (χ1n) is 18.6. The molecule has 6 aromatic heterocycles. The zero-order valence-corrected chi connectivity index (χ0v) is 32.2. The summed E-state index contributed by atoms with van der Waals surface area (Å²) in [5, 5.41) is 11.6. The van der Waals surface area contributed by atoms with Crippen LogP contribution in [0.2, 0.25) is 0 Å². The molecule has 10 aromatic rings. The number of oxazole rings is 2. The Balaban J connectivity index is 0.000000137. The van der Waals surface area contributed by atoms with Gasteiger partial charge in [0.2, 0.25) is 0 Å². The average Bonchev–Trinajstić information content (AvgIpc) is 4.01. The molecule has 10 rings (SSSR count). The van der Waals surface area contributed by atoms with E-state index < -0.39 is 0 Å². The number of rotatable bonds is 8. The molecule has 0 atom stereocenters. The number of benzene rings is 4. The summed E-state index contributed by atoms with van der Waals surface area (Å²) >= 11 is 5.66. The summed E-state index contributed by atoms with van der Waals surface area (Å²) in [7, 11) is 0. The minimum absolute atomic E-state index is 0.229. The van der Waals surface area contributed by atoms with E-state index in [4.69, 9.17) is 25.2 Å². The van der Waals surface area contributed by atoms with E-state index in [1.165, 1.54) is 12.8 Å². The molecule has 0 saturated carbocycles. The minimum atomic E-state index is 0.229. The molecule has 0 unspecified atom stereocenters. The minimum Gasteiger partial charge on any atom is -0.508 e. The van der Waals surface area contributed by atoms with Crippen molar-refractivity contribution in [1.82, 2.24) is 29.9 Å². The van der Waals surface area contributed by atoms with Crippen molar-refractivity contribution in [3.05, 3.63) is 195 Å². The molecule has 0 aliphatic heterocycles. The van der Waals surface area contributed by atoms with Crippen LogP contribution in [-0.4, -0.2) is 35.0 Å². The van der Waals surface area contributed by atoms with Crippen LogP contribution in [0, 0.1) is 0 Å². The van der Waals surface area contributed by atoms with E-state index >= 15 is 0 Å². The quantitative estimate of drug-likeness (QED) is 0.148. The smallest absolute Gasteiger partial charge is 0.182 e. The van der Waals surface area contributed by atoms with Gasteiger partial charge < -0.3 is 18.7 Å². The standard InChI is InChI=1S/C24H17N3O2.C14H10N2O2.C10H8ClN/c1-2-4-22-17(3-1)5-8-20(27-22)15-28-21-9-6-18(7-10-21)23-24(29-16-26-23)19-11-13-25-14-12-19;17-12-3-1-10(2-4-12)13-14(18-9-16-13)11-5-7-15-8-6-11;11-7-9-6-5-8-3-1-2-4-10(8)12-9/h1-14,16H,15H2;1-9,17H;1-6H,7H2. The number of phenols is 1. The molecular weight excluding hydrogens is 760 g/mol. The molecule has 0 bridgehead atoms. The van der Waals surface area contributed by atoms with E-state index in [0.717, 1.165) is 78.3 Å². The highest BCUT2D eigenvalue weighted by Gasteiger charge is 2.14. The van der Waals surface area contributed by atoms with Gasteiger partial charge in [-0.2, -0.15) is 0 Å². The van der Waals surface area contributed by atoms with Crippen LogP contribution in [0.1, 0.15) is 11.4 Å². The molecule has 59 heavy (non-hydrogen) atoms. The van der Waals surface area contributed by atoms with E-state index in [-0.39, 0.29) is 5.75 Å². The van der Waals surface area contributed by atoms with Gasteiger partial charge in [-0.25, -0.2) is 15.0 Å². The van der Waals surface area contributed by atoms with Crippen molar-refractivity contribution in [2.45, 2.75) is 12.5 Å². The Kier molecular flexibility index (Phi) is 12.0. The second-order valence-electron chi connectivity index (χ2n) is 13.0. The van der Waals surface area contributed by atoms with Crippen molar-refractivity contribution in [2.75, 3.05) is 0 Å². The molecule has 0 aliphatic carbocycles. The first kappa shape index (κ1) is 38.2. The molecule has 288 valence electrons. The van der Waals surface area contributed by atoms with Gasteiger partial charge in [0.1, 0.15) is 29.5 Å². The number of hydrogen-bond acceptors (Lipinski definition) is 10. The van der Waals surface area contributed by atoms with Crippen LogP contribution in [0.5, 0.6) is 11.5 Å². The van der Waals surface area contributed by atoms with Crippen molar-refractivity contribution < 1.29 is 18.7 Å². The van der Waals surface area contributed by atoms with Crippen molar-refractivity contribution in [2.24, 2.45) is 0 Å². The Bertz CT molecular complexity index is 2890. The van der Waals surface area contributed by atoms with Crippen molar-refractivity contribution in [1.29, 1.82) is 0 Å². The molecule has 0 fully saturated rings. The molecule has 6 heterocycles. The van der Waals surface area contributed by atoms with Gasteiger partial charge >= 0.3 is 0 Å². The lowest BCUT2D eigenvalue weighted by Crippen LogP contribution is -1.98. The second-order valence-corrected chi connectivity index (χ2v) is 13.3. The molecule has 0 saturated heterocycles. The van der Waals surface area contributed by atoms with Crippen molar-refractivity contribution in [3.63, 3.8) is 0 Å². The maximum absolute atomic E-state index is 9.29. The van der Waals surface area contributed by atoms with E-state index in [9.17, 15) is 5.11 Å². The fourth-order valence-electron chi connectivity index (χ4n) is 6.18. The molecule has 0 spiro atoms. The third-order valence-corrected chi connectivity index (χ3v) is 9.40. The highest BCUT2D eigenvalue weighted by molar-refractivity contribution is 6.17. The van der Waals surface area contributed by atoms with E-state index in [2.05, 4.69) is 42.0 Å². The Morgan fingerprint density at radius 1 is 0.492 bits per heavy atom. The predicted molar refractivity (Wildman–Crippen MR) is 229 cm³/mol. The maximum atomic E-state index is 9.29. The largest absolute Gasteiger partial charge is 0.508 e. The summed E-state index contributed by atoms with van der Waals surface area (Å²) in [6, 6.07) is 46.3. The van der Waals surface area contributed by atoms with Crippen LogP contribution >= 0.6 is 11.6 Å². The van der Waals surface area contributed by atoms with Gasteiger partial charge in [0.25, 0.3) is 0 Å².